The van der Waals surface area contributed by atoms with Crippen molar-refractivity contribution in [2.24, 2.45) is 5.92 Å². The largest absolute Gasteiger partial charge is 0.399 e. The Morgan fingerprint density at radius 3 is 2.76 bits per heavy atom. The summed E-state index contributed by atoms with van der Waals surface area (Å²) < 4.78 is 0. The average molecular weight is 273 g/mol. The molecule has 0 spiro atoms. The molecule has 3 nitrogen and oxygen atoms in total. The van der Waals surface area contributed by atoms with E-state index >= 15 is 0 Å². The topological polar surface area (TPSA) is 55.1 Å². The number of anilines is 1. The molecule has 0 unspecified atom stereocenters. The van der Waals surface area contributed by atoms with Crippen LogP contribution in [0.5, 0.6) is 0 Å². The van der Waals surface area contributed by atoms with Crippen LogP contribution in [0, 0.1) is 5.92 Å². The predicted molar refractivity (Wildman–Crippen MR) is 70.5 cm³/mol. The van der Waals surface area contributed by atoms with Crippen LogP contribution in [-0.4, -0.2) is 12.5 Å². The Morgan fingerprint density at radius 1 is 1.41 bits per heavy atom. The molecule has 1 amide bonds. The quantitative estimate of drug-likeness (QED) is 0.828. The van der Waals surface area contributed by atoms with Gasteiger partial charge in [-0.3, -0.25) is 4.79 Å². The average Bonchev–Trinajstić information content (AvgIpc) is 3.07. The minimum absolute atomic E-state index is 0.218. The van der Waals surface area contributed by atoms with Crippen LogP contribution in [0.3, 0.4) is 0 Å². The Balaban J connectivity index is 2.01. The zero-order valence-electron chi connectivity index (χ0n) is 9.30. The minimum atomic E-state index is -0.218. The van der Waals surface area contributed by atoms with Crippen molar-refractivity contribution in [3.05, 3.63) is 27.7 Å². The van der Waals surface area contributed by atoms with Crippen molar-refractivity contribution >= 4 is 34.8 Å². The normalized spacial score (nSPS) is 14.7. The molecule has 0 aromatic heterocycles. The molecule has 0 aliphatic heterocycles. The van der Waals surface area contributed by atoms with Gasteiger partial charge in [0.2, 0.25) is 0 Å². The summed E-state index contributed by atoms with van der Waals surface area (Å²) in [4.78, 5) is 11.9. The van der Waals surface area contributed by atoms with Gasteiger partial charge in [0.15, 0.2) is 0 Å². The highest BCUT2D eigenvalue weighted by molar-refractivity contribution is 6.44. The van der Waals surface area contributed by atoms with Crippen molar-refractivity contribution in [2.75, 3.05) is 12.3 Å². The second-order valence-electron chi connectivity index (χ2n) is 4.35. The van der Waals surface area contributed by atoms with Crippen molar-refractivity contribution in [3.8, 4) is 0 Å². The number of benzene rings is 1. The number of nitrogens with two attached hydrogens (primary N) is 1. The highest BCUT2D eigenvalue weighted by Gasteiger charge is 2.21. The molecule has 1 aliphatic rings. The van der Waals surface area contributed by atoms with Gasteiger partial charge < -0.3 is 11.1 Å². The summed E-state index contributed by atoms with van der Waals surface area (Å²) in [5, 5.41) is 3.39. The van der Waals surface area contributed by atoms with Gasteiger partial charge in [-0.15, -0.1) is 0 Å². The molecule has 92 valence electrons. The number of nitrogens with one attached hydrogen (secondary N) is 1. The van der Waals surface area contributed by atoms with Gasteiger partial charge in [0.1, 0.15) is 0 Å². The molecular formula is C12H14Cl2N2O. The third-order valence-corrected chi connectivity index (χ3v) is 3.63. The van der Waals surface area contributed by atoms with Gasteiger partial charge in [0.05, 0.1) is 15.6 Å². The first kappa shape index (κ1) is 12.5. The third kappa shape index (κ3) is 3.27. The van der Waals surface area contributed by atoms with Gasteiger partial charge in [0.25, 0.3) is 5.91 Å². The number of nitrogen functional groups attached to an aromatic ring is 1. The maximum atomic E-state index is 11.9. The molecule has 0 heterocycles. The highest BCUT2D eigenvalue weighted by atomic mass is 35.5. The fourth-order valence-electron chi connectivity index (χ4n) is 1.67. The van der Waals surface area contributed by atoms with E-state index in [1.54, 1.807) is 6.07 Å². The minimum Gasteiger partial charge on any atom is -0.399 e. The Hall–Kier alpha value is -0.930. The van der Waals surface area contributed by atoms with Crippen LogP contribution in [0.25, 0.3) is 0 Å². The maximum absolute atomic E-state index is 11.9. The van der Waals surface area contributed by atoms with Crippen LogP contribution in [-0.2, 0) is 0 Å². The fraction of sp³-hybridized carbons (Fsp3) is 0.417. The molecule has 1 fully saturated rings. The first-order valence-corrected chi connectivity index (χ1v) is 6.36. The first-order chi connectivity index (χ1) is 8.08. The Bertz CT molecular complexity index is 444. The highest BCUT2D eigenvalue weighted by Crippen LogP contribution is 2.32. The van der Waals surface area contributed by atoms with Gasteiger partial charge in [-0.1, -0.05) is 36.0 Å². The lowest BCUT2D eigenvalue weighted by Crippen LogP contribution is -2.25. The molecule has 0 atom stereocenters. The van der Waals surface area contributed by atoms with Crippen LogP contribution in [0.2, 0.25) is 10.0 Å². The SMILES string of the molecule is Nc1cc(Cl)c(Cl)c(C(=O)NCCC2CC2)c1. The second-order valence-corrected chi connectivity index (χ2v) is 5.14. The molecule has 1 aromatic carbocycles. The lowest BCUT2D eigenvalue weighted by atomic mass is 10.2. The molecule has 2 rings (SSSR count). The monoisotopic (exact) mass is 272 g/mol. The van der Waals surface area contributed by atoms with E-state index in [0.29, 0.717) is 22.8 Å². The van der Waals surface area contributed by atoms with E-state index < -0.39 is 0 Å². The number of hydrogen-bond acceptors (Lipinski definition) is 2. The summed E-state index contributed by atoms with van der Waals surface area (Å²) in [6, 6.07) is 3.07. The van der Waals surface area contributed by atoms with Gasteiger partial charge in [0, 0.05) is 12.2 Å². The van der Waals surface area contributed by atoms with E-state index in [9.17, 15) is 4.79 Å². The van der Waals surface area contributed by atoms with E-state index in [1.807, 2.05) is 0 Å². The van der Waals surface area contributed by atoms with Gasteiger partial charge >= 0.3 is 0 Å². The van der Waals surface area contributed by atoms with Crippen molar-refractivity contribution in [1.29, 1.82) is 0 Å². The van der Waals surface area contributed by atoms with Crippen molar-refractivity contribution < 1.29 is 4.79 Å². The van der Waals surface area contributed by atoms with Crippen LogP contribution in [0.15, 0.2) is 12.1 Å². The fourth-order valence-corrected chi connectivity index (χ4v) is 2.09. The number of carbonyl (C=O) groups excluding carboxylic acids is 1. The van der Waals surface area contributed by atoms with Gasteiger partial charge in [-0.05, 0) is 24.5 Å². The predicted octanol–water partition coefficient (Wildman–Crippen LogP) is 3.11. The number of rotatable bonds is 4. The van der Waals surface area contributed by atoms with Gasteiger partial charge in [-0.2, -0.15) is 0 Å². The number of hydrogen-bond donors (Lipinski definition) is 2. The molecule has 3 N–H and O–H groups in total. The zero-order valence-corrected chi connectivity index (χ0v) is 10.8. The van der Waals surface area contributed by atoms with Crippen LogP contribution >= 0.6 is 23.2 Å². The summed E-state index contributed by atoms with van der Waals surface area (Å²) in [7, 11) is 0. The summed E-state index contributed by atoms with van der Waals surface area (Å²) in [6.07, 6.45) is 3.58. The summed E-state index contributed by atoms with van der Waals surface area (Å²) >= 11 is 11.8. The van der Waals surface area contributed by atoms with Crippen LogP contribution in [0.4, 0.5) is 5.69 Å². The van der Waals surface area contributed by atoms with E-state index in [2.05, 4.69) is 5.32 Å². The summed E-state index contributed by atoms with van der Waals surface area (Å²) in [5.74, 6) is 0.569. The third-order valence-electron chi connectivity index (χ3n) is 2.83. The van der Waals surface area contributed by atoms with E-state index in [1.165, 1.54) is 18.9 Å². The Kier molecular flexibility index (Phi) is 3.79. The molecule has 0 radical (unpaired) electrons. The molecule has 17 heavy (non-hydrogen) atoms. The molecule has 0 saturated heterocycles. The van der Waals surface area contributed by atoms with Gasteiger partial charge in [-0.25, -0.2) is 0 Å². The summed E-state index contributed by atoms with van der Waals surface area (Å²) in [6.45, 7) is 0.673. The number of halogens is 2. The van der Waals surface area contributed by atoms with Crippen molar-refractivity contribution in [1.82, 2.24) is 5.32 Å². The van der Waals surface area contributed by atoms with E-state index in [4.69, 9.17) is 28.9 Å². The number of carbonyl (C=O) groups is 1. The molecule has 1 aromatic rings. The molecule has 5 heteroatoms. The maximum Gasteiger partial charge on any atom is 0.252 e. The van der Waals surface area contributed by atoms with Crippen LogP contribution < -0.4 is 11.1 Å². The molecule has 0 bridgehead atoms. The zero-order chi connectivity index (χ0) is 12.4. The Morgan fingerprint density at radius 2 is 2.12 bits per heavy atom. The molecular weight excluding hydrogens is 259 g/mol. The summed E-state index contributed by atoms with van der Waals surface area (Å²) in [5.41, 5.74) is 6.41. The standard InChI is InChI=1S/C12H14Cl2N2O/c13-10-6-8(15)5-9(11(10)14)12(17)16-4-3-7-1-2-7/h5-7H,1-4,15H2,(H,16,17). The lowest BCUT2D eigenvalue weighted by molar-refractivity contribution is 0.0953. The van der Waals surface area contributed by atoms with Crippen molar-refractivity contribution in [3.63, 3.8) is 0 Å². The first-order valence-electron chi connectivity index (χ1n) is 5.60. The Labute approximate surface area is 110 Å². The molecule has 1 saturated carbocycles. The lowest BCUT2D eigenvalue weighted by Gasteiger charge is -2.08. The van der Waals surface area contributed by atoms with Crippen LogP contribution in [0.1, 0.15) is 29.6 Å². The molecule has 1 aliphatic carbocycles. The van der Waals surface area contributed by atoms with E-state index in [-0.39, 0.29) is 10.9 Å². The smallest absolute Gasteiger partial charge is 0.252 e. The van der Waals surface area contributed by atoms with Crippen molar-refractivity contribution in [2.45, 2.75) is 19.3 Å². The van der Waals surface area contributed by atoms with E-state index in [0.717, 1.165) is 12.3 Å². The number of amides is 1. The second kappa shape index (κ2) is 5.15.